The molecule has 4 heteroatoms. The van der Waals surface area contributed by atoms with E-state index in [1.54, 1.807) is 0 Å². The van der Waals surface area contributed by atoms with Crippen molar-refractivity contribution in [2.75, 3.05) is 31.2 Å². The van der Waals surface area contributed by atoms with Crippen molar-refractivity contribution in [1.82, 2.24) is 0 Å². The van der Waals surface area contributed by atoms with E-state index in [1.807, 2.05) is 13.0 Å². The molecular weight excluding hydrogens is 272 g/mol. The molecule has 0 amide bonds. The quantitative estimate of drug-likeness (QED) is 0.709. The van der Waals surface area contributed by atoms with Crippen LogP contribution >= 0.6 is 11.6 Å². The summed E-state index contributed by atoms with van der Waals surface area (Å²) < 4.78 is 5.42. The van der Waals surface area contributed by atoms with Crippen molar-refractivity contribution >= 4 is 17.3 Å². The van der Waals surface area contributed by atoms with Crippen LogP contribution in [0, 0.1) is 0 Å². The third-order valence-corrected chi connectivity index (χ3v) is 3.77. The van der Waals surface area contributed by atoms with Gasteiger partial charge in [-0.3, -0.25) is 0 Å². The zero-order chi connectivity index (χ0) is 15.0. The van der Waals surface area contributed by atoms with Gasteiger partial charge in [0.1, 0.15) is 0 Å². The highest BCUT2D eigenvalue weighted by molar-refractivity contribution is 6.33. The predicted molar refractivity (Wildman–Crippen MR) is 87.8 cm³/mol. The summed E-state index contributed by atoms with van der Waals surface area (Å²) >= 11 is 6.42. The minimum absolute atomic E-state index is 0.206. The van der Waals surface area contributed by atoms with Gasteiger partial charge in [0.05, 0.1) is 17.3 Å². The van der Waals surface area contributed by atoms with E-state index in [9.17, 15) is 0 Å². The molecule has 0 aliphatic heterocycles. The van der Waals surface area contributed by atoms with Crippen molar-refractivity contribution in [3.05, 3.63) is 28.8 Å². The number of hydrogen-bond acceptors (Lipinski definition) is 3. The Kier molecular flexibility index (Phi) is 7.97. The number of rotatable bonds is 9. The Morgan fingerprint density at radius 3 is 2.60 bits per heavy atom. The first-order valence-corrected chi connectivity index (χ1v) is 7.86. The summed E-state index contributed by atoms with van der Waals surface area (Å²) in [4.78, 5) is 2.24. The molecule has 114 valence electrons. The molecule has 1 aromatic rings. The lowest BCUT2D eigenvalue weighted by Crippen LogP contribution is -2.27. The monoisotopic (exact) mass is 298 g/mol. The van der Waals surface area contributed by atoms with E-state index >= 15 is 0 Å². The highest BCUT2D eigenvalue weighted by atomic mass is 35.5. The summed E-state index contributed by atoms with van der Waals surface area (Å²) in [5.41, 5.74) is 8.26. The van der Waals surface area contributed by atoms with Gasteiger partial charge in [0.2, 0.25) is 0 Å². The zero-order valence-corrected chi connectivity index (χ0v) is 13.6. The summed E-state index contributed by atoms with van der Waals surface area (Å²) in [6, 6.07) is 6.46. The maximum atomic E-state index is 6.42. The van der Waals surface area contributed by atoms with Gasteiger partial charge in [0.15, 0.2) is 0 Å². The van der Waals surface area contributed by atoms with Crippen molar-refractivity contribution in [3.8, 4) is 0 Å². The Balaban J connectivity index is 2.74. The molecule has 0 spiro atoms. The fraction of sp³-hybridized carbons (Fsp3) is 0.625. The molecule has 0 aliphatic rings. The molecule has 0 aromatic heterocycles. The Morgan fingerprint density at radius 1 is 1.30 bits per heavy atom. The lowest BCUT2D eigenvalue weighted by atomic mass is 10.0. The van der Waals surface area contributed by atoms with Crippen LogP contribution in [0.4, 0.5) is 5.69 Å². The molecule has 2 N–H and O–H groups in total. The SMILES string of the molecule is CCOCCN(CC)c1ccc(CC(N)CC)cc1Cl. The average Bonchev–Trinajstić information content (AvgIpc) is 2.44. The normalized spacial score (nSPS) is 12.4. The first-order chi connectivity index (χ1) is 9.62. The molecule has 1 atom stereocenters. The summed E-state index contributed by atoms with van der Waals surface area (Å²) in [5, 5.41) is 0.796. The van der Waals surface area contributed by atoms with Gasteiger partial charge in [-0.15, -0.1) is 0 Å². The van der Waals surface area contributed by atoms with E-state index in [1.165, 1.54) is 5.56 Å². The molecule has 0 aliphatic carbocycles. The molecular formula is C16H27ClN2O. The molecule has 0 saturated carbocycles. The Hall–Kier alpha value is -0.770. The number of likely N-dealkylation sites (N-methyl/N-ethyl adjacent to an activating group) is 1. The number of ether oxygens (including phenoxy) is 1. The van der Waals surface area contributed by atoms with Gasteiger partial charge in [0.25, 0.3) is 0 Å². The van der Waals surface area contributed by atoms with Gasteiger partial charge in [-0.2, -0.15) is 0 Å². The molecule has 0 heterocycles. The van der Waals surface area contributed by atoms with Gasteiger partial charge in [0, 0.05) is 25.7 Å². The smallest absolute Gasteiger partial charge is 0.0642 e. The Morgan fingerprint density at radius 2 is 2.05 bits per heavy atom. The summed E-state index contributed by atoms with van der Waals surface area (Å²) in [6.45, 7) is 9.49. The van der Waals surface area contributed by atoms with Gasteiger partial charge in [-0.05, 0) is 44.4 Å². The number of benzene rings is 1. The maximum Gasteiger partial charge on any atom is 0.0642 e. The van der Waals surface area contributed by atoms with Crippen LogP contribution in [-0.4, -0.2) is 32.3 Å². The van der Waals surface area contributed by atoms with Crippen LogP contribution in [0.15, 0.2) is 18.2 Å². The molecule has 1 unspecified atom stereocenters. The molecule has 0 fully saturated rings. The van der Waals surface area contributed by atoms with E-state index in [0.29, 0.717) is 0 Å². The third kappa shape index (κ3) is 5.31. The summed E-state index contributed by atoms with van der Waals surface area (Å²) in [5.74, 6) is 0. The lowest BCUT2D eigenvalue weighted by molar-refractivity contribution is 0.154. The van der Waals surface area contributed by atoms with Gasteiger partial charge >= 0.3 is 0 Å². The number of halogens is 1. The second-order valence-electron chi connectivity index (χ2n) is 4.93. The number of nitrogens with two attached hydrogens (primary N) is 1. The highest BCUT2D eigenvalue weighted by Crippen LogP contribution is 2.27. The van der Waals surface area contributed by atoms with Crippen molar-refractivity contribution in [1.29, 1.82) is 0 Å². The third-order valence-electron chi connectivity index (χ3n) is 3.47. The van der Waals surface area contributed by atoms with Crippen LogP contribution in [0.2, 0.25) is 5.02 Å². The first kappa shape index (κ1) is 17.3. The van der Waals surface area contributed by atoms with Gasteiger partial charge in [-0.25, -0.2) is 0 Å². The Labute approximate surface area is 128 Å². The van der Waals surface area contributed by atoms with E-state index in [0.717, 1.165) is 49.9 Å². The largest absolute Gasteiger partial charge is 0.380 e. The van der Waals surface area contributed by atoms with Crippen LogP contribution < -0.4 is 10.6 Å². The number of hydrogen-bond donors (Lipinski definition) is 1. The molecule has 20 heavy (non-hydrogen) atoms. The van der Waals surface area contributed by atoms with Crippen molar-refractivity contribution < 1.29 is 4.74 Å². The molecule has 0 radical (unpaired) electrons. The van der Waals surface area contributed by atoms with Gasteiger partial charge in [-0.1, -0.05) is 24.6 Å². The van der Waals surface area contributed by atoms with Crippen LogP contribution in [0.1, 0.15) is 32.8 Å². The van der Waals surface area contributed by atoms with Crippen LogP contribution in [0.25, 0.3) is 0 Å². The fourth-order valence-corrected chi connectivity index (χ4v) is 2.47. The second kappa shape index (κ2) is 9.22. The lowest BCUT2D eigenvalue weighted by Gasteiger charge is -2.24. The predicted octanol–water partition coefficient (Wildman–Crippen LogP) is 3.48. The van der Waals surface area contributed by atoms with E-state index in [4.69, 9.17) is 22.1 Å². The minimum Gasteiger partial charge on any atom is -0.380 e. The summed E-state index contributed by atoms with van der Waals surface area (Å²) in [6.07, 6.45) is 1.86. The fourth-order valence-electron chi connectivity index (χ4n) is 2.15. The average molecular weight is 299 g/mol. The van der Waals surface area contributed by atoms with E-state index in [-0.39, 0.29) is 6.04 Å². The van der Waals surface area contributed by atoms with E-state index in [2.05, 4.69) is 30.9 Å². The Bertz CT molecular complexity index is 398. The molecule has 0 saturated heterocycles. The van der Waals surface area contributed by atoms with Gasteiger partial charge < -0.3 is 15.4 Å². The molecule has 0 bridgehead atoms. The highest BCUT2D eigenvalue weighted by Gasteiger charge is 2.10. The number of nitrogens with zero attached hydrogens (tertiary/aromatic N) is 1. The second-order valence-corrected chi connectivity index (χ2v) is 5.34. The van der Waals surface area contributed by atoms with Crippen LogP contribution in [0.5, 0.6) is 0 Å². The van der Waals surface area contributed by atoms with Crippen LogP contribution in [0.3, 0.4) is 0 Å². The van der Waals surface area contributed by atoms with Crippen LogP contribution in [-0.2, 0) is 11.2 Å². The van der Waals surface area contributed by atoms with Crippen molar-refractivity contribution in [2.24, 2.45) is 5.73 Å². The summed E-state index contributed by atoms with van der Waals surface area (Å²) in [7, 11) is 0. The minimum atomic E-state index is 0.206. The topological polar surface area (TPSA) is 38.5 Å². The maximum absolute atomic E-state index is 6.42. The molecule has 1 rings (SSSR count). The van der Waals surface area contributed by atoms with Crippen molar-refractivity contribution in [3.63, 3.8) is 0 Å². The number of anilines is 1. The molecule has 1 aromatic carbocycles. The first-order valence-electron chi connectivity index (χ1n) is 7.49. The van der Waals surface area contributed by atoms with Crippen molar-refractivity contribution in [2.45, 2.75) is 39.7 Å². The standard InChI is InChI=1S/C16H27ClN2O/c1-4-14(18)11-13-7-8-16(15(17)12-13)19(5-2)9-10-20-6-3/h7-8,12,14H,4-6,9-11,18H2,1-3H3. The zero-order valence-electron chi connectivity index (χ0n) is 12.9. The van der Waals surface area contributed by atoms with E-state index < -0.39 is 0 Å². The molecule has 3 nitrogen and oxygen atoms in total.